The van der Waals surface area contributed by atoms with Gasteiger partial charge in [-0.15, -0.1) is 0 Å². The van der Waals surface area contributed by atoms with E-state index in [0.29, 0.717) is 11.3 Å². The van der Waals surface area contributed by atoms with E-state index in [2.05, 4.69) is 4.98 Å². The van der Waals surface area contributed by atoms with Crippen molar-refractivity contribution in [2.45, 2.75) is 13.5 Å². The van der Waals surface area contributed by atoms with Crippen LogP contribution >= 0.6 is 0 Å². The molecule has 0 spiro atoms. The van der Waals surface area contributed by atoms with Crippen molar-refractivity contribution >= 4 is 5.97 Å². The van der Waals surface area contributed by atoms with E-state index in [1.54, 1.807) is 6.92 Å². The van der Waals surface area contributed by atoms with E-state index in [0.717, 1.165) is 0 Å². The lowest BCUT2D eigenvalue weighted by Crippen LogP contribution is -2.21. The normalized spacial score (nSPS) is 10.4. The summed E-state index contributed by atoms with van der Waals surface area (Å²) < 4.78 is 6.15. The lowest BCUT2D eigenvalue weighted by Gasteiger charge is -2.03. The van der Waals surface area contributed by atoms with Crippen LogP contribution in [0.25, 0.3) is 0 Å². The first kappa shape index (κ1) is 11.1. The lowest BCUT2D eigenvalue weighted by molar-refractivity contribution is 0.0660. The number of carboxylic acids is 1. The Morgan fingerprint density at radius 1 is 1.59 bits per heavy atom. The molecular weight excluding hydrogens is 224 g/mol. The minimum absolute atomic E-state index is 0.129. The van der Waals surface area contributed by atoms with Gasteiger partial charge in [-0.2, -0.15) is 0 Å². The minimum atomic E-state index is -1.15. The van der Waals surface area contributed by atoms with E-state index >= 15 is 0 Å². The molecule has 0 aliphatic carbocycles. The maximum atomic E-state index is 11.6. The highest BCUT2D eigenvalue weighted by molar-refractivity contribution is 5.86. The number of aromatic carboxylic acids is 1. The third kappa shape index (κ3) is 2.25. The van der Waals surface area contributed by atoms with Crippen molar-refractivity contribution in [2.24, 2.45) is 0 Å². The second-order valence-corrected chi connectivity index (χ2v) is 3.58. The molecule has 2 heterocycles. The molecule has 2 rings (SSSR count). The second kappa shape index (κ2) is 4.25. The Balaban J connectivity index is 2.35. The van der Waals surface area contributed by atoms with E-state index in [1.165, 1.54) is 29.3 Å². The maximum absolute atomic E-state index is 11.6. The van der Waals surface area contributed by atoms with Crippen molar-refractivity contribution in [3.8, 4) is 0 Å². The van der Waals surface area contributed by atoms with Crippen molar-refractivity contribution in [1.29, 1.82) is 0 Å². The zero-order chi connectivity index (χ0) is 12.4. The highest BCUT2D eigenvalue weighted by Gasteiger charge is 2.14. The first-order chi connectivity index (χ1) is 8.08. The van der Waals surface area contributed by atoms with Gasteiger partial charge in [-0.1, -0.05) is 0 Å². The van der Waals surface area contributed by atoms with Gasteiger partial charge in [0.2, 0.25) is 5.76 Å². The molecule has 0 aliphatic heterocycles. The highest BCUT2D eigenvalue weighted by atomic mass is 16.4. The van der Waals surface area contributed by atoms with Crippen LogP contribution in [0.5, 0.6) is 0 Å². The van der Waals surface area contributed by atoms with Crippen LogP contribution in [0, 0.1) is 6.92 Å². The summed E-state index contributed by atoms with van der Waals surface area (Å²) >= 11 is 0. The van der Waals surface area contributed by atoms with E-state index in [1.807, 2.05) is 0 Å². The van der Waals surface area contributed by atoms with Crippen LogP contribution < -0.4 is 5.56 Å². The third-order valence-electron chi connectivity index (χ3n) is 2.30. The molecule has 17 heavy (non-hydrogen) atoms. The fraction of sp³-hybridized carbons (Fsp3) is 0.182. The van der Waals surface area contributed by atoms with Crippen molar-refractivity contribution in [3.63, 3.8) is 0 Å². The van der Waals surface area contributed by atoms with Gasteiger partial charge in [0.25, 0.3) is 5.56 Å². The first-order valence-corrected chi connectivity index (χ1v) is 4.90. The van der Waals surface area contributed by atoms with Crippen LogP contribution in [0.2, 0.25) is 0 Å². The Bertz CT molecular complexity index is 612. The van der Waals surface area contributed by atoms with Gasteiger partial charge >= 0.3 is 5.97 Å². The molecular formula is C11H10N2O4. The van der Waals surface area contributed by atoms with Gasteiger partial charge in [-0.25, -0.2) is 9.78 Å². The van der Waals surface area contributed by atoms with Crippen LogP contribution in [0.3, 0.4) is 0 Å². The summed E-state index contributed by atoms with van der Waals surface area (Å²) in [5, 5.41) is 8.85. The van der Waals surface area contributed by atoms with Crippen LogP contribution in [0.15, 0.2) is 33.9 Å². The summed E-state index contributed by atoms with van der Waals surface area (Å²) in [4.78, 5) is 26.4. The van der Waals surface area contributed by atoms with Crippen LogP contribution in [-0.4, -0.2) is 20.6 Å². The number of furan rings is 1. The number of carbonyl (C=O) groups is 1. The number of aromatic nitrogens is 2. The number of aryl methyl sites for hydroxylation is 1. The average molecular weight is 234 g/mol. The first-order valence-electron chi connectivity index (χ1n) is 4.90. The van der Waals surface area contributed by atoms with Gasteiger partial charge in [-0.3, -0.25) is 9.36 Å². The molecule has 88 valence electrons. The Morgan fingerprint density at radius 3 is 3.00 bits per heavy atom. The Hall–Kier alpha value is -2.37. The van der Waals surface area contributed by atoms with Crippen molar-refractivity contribution in [2.75, 3.05) is 0 Å². The number of carboxylic acid groups (broad SMARTS) is 1. The summed E-state index contributed by atoms with van der Waals surface area (Å²) in [5.74, 6) is -1.31. The van der Waals surface area contributed by atoms with Gasteiger partial charge < -0.3 is 9.52 Å². The highest BCUT2D eigenvalue weighted by Crippen LogP contribution is 2.11. The number of hydrogen-bond acceptors (Lipinski definition) is 4. The molecule has 0 saturated carbocycles. The monoisotopic (exact) mass is 234 g/mol. The van der Waals surface area contributed by atoms with Gasteiger partial charge in [-0.05, 0) is 13.0 Å². The smallest absolute Gasteiger partial charge is 0.372 e. The summed E-state index contributed by atoms with van der Waals surface area (Å²) in [5.41, 5.74) is 0.831. The van der Waals surface area contributed by atoms with Crippen molar-refractivity contribution < 1.29 is 14.3 Å². The number of hydrogen-bond donors (Lipinski definition) is 1. The molecule has 6 nitrogen and oxygen atoms in total. The Morgan fingerprint density at radius 2 is 2.35 bits per heavy atom. The molecule has 2 aromatic heterocycles. The molecule has 0 amide bonds. The molecule has 2 aromatic rings. The van der Waals surface area contributed by atoms with Gasteiger partial charge in [0.05, 0.1) is 19.1 Å². The van der Waals surface area contributed by atoms with E-state index < -0.39 is 5.97 Å². The predicted molar refractivity (Wildman–Crippen MR) is 58.0 cm³/mol. The third-order valence-corrected chi connectivity index (χ3v) is 2.30. The molecule has 0 aromatic carbocycles. The topological polar surface area (TPSA) is 85.3 Å². The molecule has 6 heteroatoms. The summed E-state index contributed by atoms with van der Waals surface area (Å²) in [7, 11) is 0. The van der Waals surface area contributed by atoms with Crippen molar-refractivity contribution in [3.05, 3.63) is 52.1 Å². The fourth-order valence-electron chi connectivity index (χ4n) is 1.47. The molecule has 0 radical (unpaired) electrons. The van der Waals surface area contributed by atoms with Crippen LogP contribution in [0.4, 0.5) is 0 Å². The number of rotatable bonds is 3. The number of nitrogens with zero attached hydrogens (tertiary/aromatic N) is 2. The molecule has 0 saturated heterocycles. The Kier molecular flexibility index (Phi) is 2.78. The molecule has 0 bridgehead atoms. The Labute approximate surface area is 96.1 Å². The standard InChI is InChI=1S/C11H10N2O4/c1-7-4-9(14)13(6-12-7)5-8-2-3-17-10(8)11(15)16/h2-4,6H,5H2,1H3,(H,15,16). The van der Waals surface area contributed by atoms with Crippen molar-refractivity contribution in [1.82, 2.24) is 9.55 Å². The van der Waals surface area contributed by atoms with Crippen LogP contribution in [-0.2, 0) is 6.54 Å². The quantitative estimate of drug-likeness (QED) is 0.852. The minimum Gasteiger partial charge on any atom is -0.475 e. The van der Waals surface area contributed by atoms with Crippen LogP contribution in [0.1, 0.15) is 21.8 Å². The fourth-order valence-corrected chi connectivity index (χ4v) is 1.47. The summed E-state index contributed by atoms with van der Waals surface area (Å²) in [6.45, 7) is 1.84. The summed E-state index contributed by atoms with van der Waals surface area (Å²) in [6.07, 6.45) is 2.67. The van der Waals surface area contributed by atoms with Gasteiger partial charge in [0.15, 0.2) is 0 Å². The molecule has 0 unspecified atom stereocenters. The molecule has 0 atom stereocenters. The molecule has 1 N–H and O–H groups in total. The largest absolute Gasteiger partial charge is 0.475 e. The zero-order valence-corrected chi connectivity index (χ0v) is 9.08. The summed E-state index contributed by atoms with van der Waals surface area (Å²) in [6, 6.07) is 2.91. The maximum Gasteiger partial charge on any atom is 0.372 e. The van der Waals surface area contributed by atoms with E-state index in [4.69, 9.17) is 9.52 Å². The lowest BCUT2D eigenvalue weighted by atomic mass is 10.2. The molecule has 0 aliphatic rings. The molecule has 0 fully saturated rings. The van der Waals surface area contributed by atoms with E-state index in [-0.39, 0.29) is 17.9 Å². The van der Waals surface area contributed by atoms with E-state index in [9.17, 15) is 9.59 Å². The average Bonchev–Trinajstić information content (AvgIpc) is 2.70. The SMILES string of the molecule is Cc1cc(=O)n(Cc2ccoc2C(=O)O)cn1. The van der Waals surface area contributed by atoms with Gasteiger partial charge in [0, 0.05) is 17.3 Å². The second-order valence-electron chi connectivity index (χ2n) is 3.58. The zero-order valence-electron chi connectivity index (χ0n) is 9.08. The predicted octanol–water partition coefficient (Wildman–Crippen LogP) is 0.891. The van der Waals surface area contributed by atoms with Gasteiger partial charge in [0.1, 0.15) is 0 Å².